The van der Waals surface area contributed by atoms with Gasteiger partial charge in [0, 0.05) is 6.92 Å². The Hall–Kier alpha value is -1.05. The highest BCUT2D eigenvalue weighted by Crippen LogP contribution is 1.97. The summed E-state index contributed by atoms with van der Waals surface area (Å²) in [5.41, 5.74) is 0. The Morgan fingerprint density at radius 2 is 2.36 bits per heavy atom. The summed E-state index contributed by atoms with van der Waals surface area (Å²) >= 11 is 0. The van der Waals surface area contributed by atoms with Crippen molar-refractivity contribution in [2.45, 2.75) is 19.9 Å². The molecule has 11 heavy (non-hydrogen) atoms. The fourth-order valence-corrected chi connectivity index (χ4v) is 0.895. The summed E-state index contributed by atoms with van der Waals surface area (Å²) in [5, 5.41) is 0. The summed E-state index contributed by atoms with van der Waals surface area (Å²) in [6.45, 7) is 4.53. The molecule has 1 heterocycles. The SMILES string of the molecule is CC1=NC(C)C=CC=CCO1. The van der Waals surface area contributed by atoms with Gasteiger partial charge in [0.15, 0.2) is 5.90 Å². The molecule has 0 fully saturated rings. The van der Waals surface area contributed by atoms with Crippen LogP contribution in [0.4, 0.5) is 0 Å². The molecular formula is C9H13NO. The third-order valence-corrected chi connectivity index (χ3v) is 1.41. The molecule has 0 bridgehead atoms. The van der Waals surface area contributed by atoms with Crippen molar-refractivity contribution in [2.24, 2.45) is 4.99 Å². The zero-order chi connectivity index (χ0) is 8.10. The maximum Gasteiger partial charge on any atom is 0.180 e. The first-order valence-electron chi connectivity index (χ1n) is 3.79. The van der Waals surface area contributed by atoms with Gasteiger partial charge in [0.25, 0.3) is 0 Å². The lowest BCUT2D eigenvalue weighted by Crippen LogP contribution is -2.03. The summed E-state index contributed by atoms with van der Waals surface area (Å²) in [5.74, 6) is 0.758. The van der Waals surface area contributed by atoms with E-state index in [-0.39, 0.29) is 6.04 Å². The average Bonchev–Trinajstić information content (AvgIpc) is 2.02. The molecule has 0 aromatic heterocycles. The maximum atomic E-state index is 5.26. The Labute approximate surface area is 67.3 Å². The summed E-state index contributed by atoms with van der Waals surface area (Å²) in [6, 6.07) is 0.220. The third-order valence-electron chi connectivity index (χ3n) is 1.41. The van der Waals surface area contributed by atoms with Crippen LogP contribution in [0.2, 0.25) is 0 Å². The van der Waals surface area contributed by atoms with Gasteiger partial charge in [-0.25, -0.2) is 4.99 Å². The van der Waals surface area contributed by atoms with Crippen LogP contribution < -0.4 is 0 Å². The molecule has 0 aliphatic carbocycles. The molecule has 0 saturated carbocycles. The molecule has 1 aliphatic rings. The molecule has 0 aromatic carbocycles. The minimum absolute atomic E-state index is 0.220. The molecule has 0 aromatic rings. The quantitative estimate of drug-likeness (QED) is 0.518. The lowest BCUT2D eigenvalue weighted by atomic mass is 10.3. The van der Waals surface area contributed by atoms with E-state index in [0.29, 0.717) is 6.61 Å². The van der Waals surface area contributed by atoms with Crippen LogP contribution in [0, 0.1) is 0 Å². The molecular weight excluding hydrogens is 138 g/mol. The largest absolute Gasteiger partial charge is 0.477 e. The van der Waals surface area contributed by atoms with Gasteiger partial charge >= 0.3 is 0 Å². The number of hydrogen-bond donors (Lipinski definition) is 0. The topological polar surface area (TPSA) is 21.6 Å². The fraction of sp³-hybridized carbons (Fsp3) is 0.444. The molecule has 1 atom stereocenters. The van der Waals surface area contributed by atoms with Crippen molar-refractivity contribution in [1.82, 2.24) is 0 Å². The summed E-state index contributed by atoms with van der Waals surface area (Å²) in [4.78, 5) is 4.26. The lowest BCUT2D eigenvalue weighted by molar-refractivity contribution is 0.345. The Balaban J connectivity index is 2.68. The van der Waals surface area contributed by atoms with Crippen LogP contribution in [-0.4, -0.2) is 18.5 Å². The molecule has 0 saturated heterocycles. The van der Waals surface area contributed by atoms with Crippen molar-refractivity contribution < 1.29 is 4.74 Å². The standard InChI is InChI=1S/C9H13NO/c1-8-6-4-3-5-7-11-9(2)10-8/h3-6,8H,7H2,1-2H3. The number of rotatable bonds is 0. The molecule has 1 rings (SSSR count). The molecule has 0 amide bonds. The van der Waals surface area contributed by atoms with Crippen LogP contribution in [0.5, 0.6) is 0 Å². The van der Waals surface area contributed by atoms with Gasteiger partial charge in [-0.3, -0.25) is 0 Å². The van der Waals surface area contributed by atoms with E-state index < -0.39 is 0 Å². The zero-order valence-corrected chi connectivity index (χ0v) is 6.95. The highest BCUT2D eigenvalue weighted by Gasteiger charge is 1.95. The van der Waals surface area contributed by atoms with E-state index in [4.69, 9.17) is 4.74 Å². The Morgan fingerprint density at radius 1 is 1.55 bits per heavy atom. The number of allylic oxidation sites excluding steroid dienone is 2. The molecule has 2 nitrogen and oxygen atoms in total. The minimum atomic E-state index is 0.220. The van der Waals surface area contributed by atoms with Crippen LogP contribution in [0.1, 0.15) is 13.8 Å². The second-order valence-corrected chi connectivity index (χ2v) is 2.51. The second-order valence-electron chi connectivity index (χ2n) is 2.51. The first kappa shape index (κ1) is 8.05. The Bertz CT molecular complexity index is 204. The highest BCUT2D eigenvalue weighted by molar-refractivity contribution is 5.73. The second kappa shape index (κ2) is 3.96. The summed E-state index contributed by atoms with van der Waals surface area (Å²) < 4.78 is 5.26. The predicted octanol–water partition coefficient (Wildman–Crippen LogP) is 1.94. The smallest absolute Gasteiger partial charge is 0.180 e. The van der Waals surface area contributed by atoms with Crippen LogP contribution in [-0.2, 0) is 4.74 Å². The minimum Gasteiger partial charge on any atom is -0.477 e. The van der Waals surface area contributed by atoms with E-state index in [1.807, 2.05) is 38.2 Å². The normalized spacial score (nSPS) is 24.5. The summed E-state index contributed by atoms with van der Waals surface area (Å²) in [7, 11) is 0. The fourth-order valence-electron chi connectivity index (χ4n) is 0.895. The van der Waals surface area contributed by atoms with E-state index in [1.165, 1.54) is 0 Å². The van der Waals surface area contributed by atoms with Crippen molar-refractivity contribution >= 4 is 5.90 Å². The van der Waals surface area contributed by atoms with Gasteiger partial charge in [-0.2, -0.15) is 0 Å². The van der Waals surface area contributed by atoms with E-state index in [0.717, 1.165) is 5.90 Å². The van der Waals surface area contributed by atoms with Crippen LogP contribution in [0.3, 0.4) is 0 Å². The molecule has 0 radical (unpaired) electrons. The third kappa shape index (κ3) is 3.03. The molecule has 0 spiro atoms. The highest BCUT2D eigenvalue weighted by atomic mass is 16.5. The zero-order valence-electron chi connectivity index (χ0n) is 6.95. The first-order chi connectivity index (χ1) is 5.29. The first-order valence-corrected chi connectivity index (χ1v) is 3.79. The van der Waals surface area contributed by atoms with Crippen molar-refractivity contribution in [2.75, 3.05) is 6.61 Å². The number of nitrogens with zero attached hydrogens (tertiary/aromatic N) is 1. The van der Waals surface area contributed by atoms with Crippen molar-refractivity contribution in [1.29, 1.82) is 0 Å². The van der Waals surface area contributed by atoms with Crippen molar-refractivity contribution in [3.8, 4) is 0 Å². The van der Waals surface area contributed by atoms with Crippen molar-refractivity contribution in [3.63, 3.8) is 0 Å². The molecule has 60 valence electrons. The van der Waals surface area contributed by atoms with E-state index in [2.05, 4.69) is 4.99 Å². The molecule has 1 aliphatic heterocycles. The monoisotopic (exact) mass is 151 g/mol. The van der Waals surface area contributed by atoms with Gasteiger partial charge < -0.3 is 4.74 Å². The molecule has 0 N–H and O–H groups in total. The summed E-state index contributed by atoms with van der Waals surface area (Å²) in [6.07, 6.45) is 7.98. The van der Waals surface area contributed by atoms with Gasteiger partial charge in [0.05, 0.1) is 6.04 Å². The van der Waals surface area contributed by atoms with E-state index >= 15 is 0 Å². The number of hydrogen-bond acceptors (Lipinski definition) is 2. The van der Waals surface area contributed by atoms with Crippen LogP contribution >= 0.6 is 0 Å². The predicted molar refractivity (Wildman–Crippen MR) is 46.8 cm³/mol. The van der Waals surface area contributed by atoms with Crippen molar-refractivity contribution in [3.05, 3.63) is 24.3 Å². The molecule has 1 unspecified atom stereocenters. The Morgan fingerprint density at radius 3 is 3.18 bits per heavy atom. The lowest BCUT2D eigenvalue weighted by Gasteiger charge is -2.02. The van der Waals surface area contributed by atoms with Gasteiger partial charge in [0.1, 0.15) is 6.61 Å². The van der Waals surface area contributed by atoms with Gasteiger partial charge in [-0.1, -0.05) is 18.2 Å². The maximum absolute atomic E-state index is 5.26. The van der Waals surface area contributed by atoms with Crippen LogP contribution in [0.15, 0.2) is 29.3 Å². The number of aliphatic imine (C=N–C) groups is 1. The van der Waals surface area contributed by atoms with Crippen LogP contribution in [0.25, 0.3) is 0 Å². The average molecular weight is 151 g/mol. The number of ether oxygens (including phenoxy) is 1. The van der Waals surface area contributed by atoms with E-state index in [1.54, 1.807) is 0 Å². The van der Waals surface area contributed by atoms with Gasteiger partial charge in [0.2, 0.25) is 0 Å². The molecule has 2 heteroatoms. The van der Waals surface area contributed by atoms with Gasteiger partial charge in [-0.15, -0.1) is 0 Å². The van der Waals surface area contributed by atoms with Gasteiger partial charge in [-0.05, 0) is 13.0 Å². The Kier molecular flexibility index (Phi) is 2.90. The van der Waals surface area contributed by atoms with E-state index in [9.17, 15) is 0 Å².